The first-order valence-electron chi connectivity index (χ1n) is 8.58. The second-order valence-corrected chi connectivity index (χ2v) is 6.09. The number of ether oxygens (including phenoxy) is 1. The summed E-state index contributed by atoms with van der Waals surface area (Å²) in [5.41, 5.74) is 0. The topological polar surface area (TPSA) is 66.0 Å². The zero-order valence-corrected chi connectivity index (χ0v) is 16.7. The molecular formula is C16H31IN4O2. The molecule has 0 aromatic heterocycles. The number of guanidine groups is 1. The second-order valence-electron chi connectivity index (χ2n) is 6.09. The summed E-state index contributed by atoms with van der Waals surface area (Å²) in [5.74, 6) is 1.43. The Balaban J connectivity index is 0.00000264. The molecule has 1 heterocycles. The Morgan fingerprint density at radius 1 is 1.30 bits per heavy atom. The lowest BCUT2D eigenvalue weighted by Crippen LogP contribution is -2.46. The molecule has 1 amide bonds. The summed E-state index contributed by atoms with van der Waals surface area (Å²) in [6.45, 7) is 5.79. The van der Waals surface area contributed by atoms with Gasteiger partial charge >= 0.3 is 0 Å². The monoisotopic (exact) mass is 438 g/mol. The molecule has 2 rings (SSSR count). The molecule has 6 nitrogen and oxygen atoms in total. The van der Waals surface area contributed by atoms with Crippen LogP contribution in [0.3, 0.4) is 0 Å². The van der Waals surface area contributed by atoms with Crippen LogP contribution in [-0.4, -0.2) is 62.7 Å². The highest BCUT2D eigenvalue weighted by Crippen LogP contribution is 2.27. The summed E-state index contributed by atoms with van der Waals surface area (Å²) in [5, 5.41) is 6.65. The van der Waals surface area contributed by atoms with Gasteiger partial charge in [-0.05, 0) is 26.2 Å². The number of carbonyl (C=O) groups excluding carboxylic acids is 1. The Hall–Kier alpha value is -0.570. The summed E-state index contributed by atoms with van der Waals surface area (Å²) < 4.78 is 5.31. The van der Waals surface area contributed by atoms with Gasteiger partial charge in [0.05, 0.1) is 6.61 Å². The van der Waals surface area contributed by atoms with E-state index in [9.17, 15) is 4.79 Å². The van der Waals surface area contributed by atoms with Crippen LogP contribution in [0.4, 0.5) is 0 Å². The van der Waals surface area contributed by atoms with Crippen molar-refractivity contribution in [2.75, 3.05) is 39.9 Å². The number of nitrogens with zero attached hydrogens (tertiary/aromatic N) is 2. The number of hydrogen-bond donors (Lipinski definition) is 2. The van der Waals surface area contributed by atoms with Crippen LogP contribution in [0.1, 0.15) is 39.0 Å². The summed E-state index contributed by atoms with van der Waals surface area (Å²) in [6, 6.07) is 0.295. The van der Waals surface area contributed by atoms with Crippen LogP contribution in [-0.2, 0) is 9.53 Å². The molecular weight excluding hydrogens is 407 g/mol. The third-order valence-electron chi connectivity index (χ3n) is 4.51. The van der Waals surface area contributed by atoms with Crippen LogP contribution in [0.2, 0.25) is 0 Å². The average Bonchev–Trinajstić information content (AvgIpc) is 3.21. The third-order valence-corrected chi connectivity index (χ3v) is 4.51. The molecule has 1 aliphatic heterocycles. The van der Waals surface area contributed by atoms with Gasteiger partial charge in [0, 0.05) is 45.2 Å². The predicted molar refractivity (Wildman–Crippen MR) is 103 cm³/mol. The van der Waals surface area contributed by atoms with Gasteiger partial charge in [-0.3, -0.25) is 9.79 Å². The Morgan fingerprint density at radius 3 is 2.70 bits per heavy atom. The molecule has 1 aliphatic carbocycles. The van der Waals surface area contributed by atoms with Crippen molar-refractivity contribution >= 4 is 35.8 Å². The molecule has 2 fully saturated rings. The van der Waals surface area contributed by atoms with Crippen molar-refractivity contribution in [1.29, 1.82) is 0 Å². The Labute approximate surface area is 156 Å². The lowest BCUT2D eigenvalue weighted by molar-refractivity contribution is -0.134. The highest BCUT2D eigenvalue weighted by atomic mass is 127. The molecule has 0 bridgehead atoms. The van der Waals surface area contributed by atoms with Crippen LogP contribution in [0.15, 0.2) is 4.99 Å². The van der Waals surface area contributed by atoms with E-state index in [0.29, 0.717) is 18.6 Å². The van der Waals surface area contributed by atoms with E-state index in [2.05, 4.69) is 15.6 Å². The second kappa shape index (κ2) is 11.1. The molecule has 1 saturated heterocycles. The van der Waals surface area contributed by atoms with E-state index in [0.717, 1.165) is 51.5 Å². The van der Waals surface area contributed by atoms with Gasteiger partial charge in [-0.2, -0.15) is 0 Å². The van der Waals surface area contributed by atoms with Gasteiger partial charge in [0.25, 0.3) is 0 Å². The smallest absolute Gasteiger partial charge is 0.225 e. The van der Waals surface area contributed by atoms with Crippen LogP contribution in [0.25, 0.3) is 0 Å². The third kappa shape index (κ3) is 6.45. The first-order chi connectivity index (χ1) is 10.7. The van der Waals surface area contributed by atoms with Crippen LogP contribution >= 0.6 is 24.0 Å². The predicted octanol–water partition coefficient (Wildman–Crippen LogP) is 1.60. The first-order valence-corrected chi connectivity index (χ1v) is 8.58. The molecule has 1 atom stereocenters. The largest absolute Gasteiger partial charge is 0.380 e. The SMILES string of the molecule is CCOCCNC(=NC)NC1CCN(C(=O)C2CCCC2)C1.I. The summed E-state index contributed by atoms with van der Waals surface area (Å²) in [6.07, 6.45) is 5.57. The summed E-state index contributed by atoms with van der Waals surface area (Å²) in [4.78, 5) is 18.7. The number of likely N-dealkylation sites (tertiary alicyclic amines) is 1. The van der Waals surface area contributed by atoms with Gasteiger partial charge < -0.3 is 20.3 Å². The van der Waals surface area contributed by atoms with Gasteiger partial charge in [-0.15, -0.1) is 24.0 Å². The molecule has 2 N–H and O–H groups in total. The molecule has 0 spiro atoms. The van der Waals surface area contributed by atoms with Crippen LogP contribution < -0.4 is 10.6 Å². The minimum absolute atomic E-state index is 0. The Morgan fingerprint density at radius 2 is 2.04 bits per heavy atom. The number of rotatable bonds is 6. The normalized spacial score (nSPS) is 22.1. The number of aliphatic imine (C=N–C) groups is 1. The Bertz CT molecular complexity index is 386. The molecule has 23 heavy (non-hydrogen) atoms. The fourth-order valence-corrected chi connectivity index (χ4v) is 3.28. The van der Waals surface area contributed by atoms with E-state index >= 15 is 0 Å². The number of nitrogens with one attached hydrogen (secondary N) is 2. The van der Waals surface area contributed by atoms with Gasteiger partial charge in [-0.25, -0.2) is 0 Å². The lowest BCUT2D eigenvalue weighted by Gasteiger charge is -2.21. The maximum Gasteiger partial charge on any atom is 0.225 e. The maximum absolute atomic E-state index is 12.4. The molecule has 134 valence electrons. The standard InChI is InChI=1S/C16H30N4O2.HI/c1-3-22-11-9-18-16(17-2)19-14-8-10-20(12-14)15(21)13-6-4-5-7-13;/h13-14H,3-12H2,1-2H3,(H2,17,18,19);1H. The number of amides is 1. The maximum atomic E-state index is 12.4. The molecule has 0 aromatic carbocycles. The van der Waals surface area contributed by atoms with E-state index in [-0.39, 0.29) is 29.9 Å². The minimum Gasteiger partial charge on any atom is -0.380 e. The number of hydrogen-bond acceptors (Lipinski definition) is 3. The van der Waals surface area contributed by atoms with Gasteiger partial charge in [0.2, 0.25) is 5.91 Å². The van der Waals surface area contributed by atoms with Crippen LogP contribution in [0.5, 0.6) is 0 Å². The number of halogens is 1. The quantitative estimate of drug-likeness (QED) is 0.286. The first kappa shape index (κ1) is 20.5. The van der Waals surface area contributed by atoms with Crippen molar-refractivity contribution < 1.29 is 9.53 Å². The molecule has 0 radical (unpaired) electrons. The molecule has 1 saturated carbocycles. The van der Waals surface area contributed by atoms with Crippen molar-refractivity contribution in [2.45, 2.75) is 45.1 Å². The van der Waals surface area contributed by atoms with Gasteiger partial charge in [0.1, 0.15) is 0 Å². The zero-order valence-electron chi connectivity index (χ0n) is 14.3. The minimum atomic E-state index is 0. The molecule has 1 unspecified atom stereocenters. The van der Waals surface area contributed by atoms with Crippen molar-refractivity contribution in [3.63, 3.8) is 0 Å². The summed E-state index contributed by atoms with van der Waals surface area (Å²) in [7, 11) is 1.77. The van der Waals surface area contributed by atoms with E-state index in [1.165, 1.54) is 12.8 Å². The summed E-state index contributed by atoms with van der Waals surface area (Å²) >= 11 is 0. The highest BCUT2D eigenvalue weighted by Gasteiger charge is 2.32. The molecule has 7 heteroatoms. The lowest BCUT2D eigenvalue weighted by atomic mass is 10.1. The van der Waals surface area contributed by atoms with Crippen molar-refractivity contribution in [2.24, 2.45) is 10.9 Å². The fraction of sp³-hybridized carbons (Fsp3) is 0.875. The molecule has 0 aromatic rings. The van der Waals surface area contributed by atoms with E-state index < -0.39 is 0 Å². The van der Waals surface area contributed by atoms with Crippen molar-refractivity contribution in [3.8, 4) is 0 Å². The van der Waals surface area contributed by atoms with Crippen molar-refractivity contribution in [1.82, 2.24) is 15.5 Å². The Kier molecular flexibility index (Phi) is 9.85. The van der Waals surface area contributed by atoms with Crippen LogP contribution in [0, 0.1) is 5.92 Å². The number of carbonyl (C=O) groups is 1. The zero-order chi connectivity index (χ0) is 15.8. The van der Waals surface area contributed by atoms with E-state index in [1.54, 1.807) is 7.05 Å². The van der Waals surface area contributed by atoms with Gasteiger partial charge in [0.15, 0.2) is 5.96 Å². The highest BCUT2D eigenvalue weighted by molar-refractivity contribution is 14.0. The average molecular weight is 438 g/mol. The molecule has 2 aliphatic rings. The van der Waals surface area contributed by atoms with Crippen molar-refractivity contribution in [3.05, 3.63) is 0 Å². The van der Waals surface area contributed by atoms with E-state index in [4.69, 9.17) is 4.74 Å². The fourth-order valence-electron chi connectivity index (χ4n) is 3.28. The van der Waals surface area contributed by atoms with E-state index in [1.807, 2.05) is 11.8 Å². The van der Waals surface area contributed by atoms with Gasteiger partial charge in [-0.1, -0.05) is 12.8 Å².